The minimum Gasteiger partial charge on any atom is -0.399 e. The van der Waals surface area contributed by atoms with E-state index in [1.165, 1.54) is 5.70 Å². The first-order chi connectivity index (χ1) is 6.84. The van der Waals surface area contributed by atoms with Crippen molar-refractivity contribution in [2.24, 2.45) is 4.99 Å². The fourth-order valence-electron chi connectivity index (χ4n) is 1.76. The number of hydrogen-bond donors (Lipinski definition) is 2. The number of aliphatic imine (C=N–C) groups is 1. The van der Waals surface area contributed by atoms with Crippen LogP contribution in [-0.4, -0.2) is 12.9 Å². The maximum atomic E-state index is 5.71. The molecule has 1 radical (unpaired) electrons. The fraction of sp³-hybridized carbons (Fsp3) is 0.100. The molecule has 0 bridgehead atoms. The Morgan fingerprint density at radius 1 is 1.43 bits per heavy atom. The third kappa shape index (κ3) is 0.944. The van der Waals surface area contributed by atoms with E-state index < -0.39 is 0 Å². The molecule has 0 aromatic heterocycles. The third-order valence-corrected chi connectivity index (χ3v) is 2.46. The molecular formula is C10H10N4+. The lowest BCUT2D eigenvalue weighted by Gasteiger charge is -2.17. The van der Waals surface area contributed by atoms with Crippen LogP contribution in [0.15, 0.2) is 35.1 Å². The van der Waals surface area contributed by atoms with Crippen molar-refractivity contribution in [1.29, 1.82) is 0 Å². The van der Waals surface area contributed by atoms with Crippen LogP contribution in [0.4, 0.5) is 17.1 Å². The second-order valence-corrected chi connectivity index (χ2v) is 3.39. The summed E-state index contributed by atoms with van der Waals surface area (Å²) in [6.07, 6.45) is 3.69. The zero-order valence-electron chi connectivity index (χ0n) is 7.57. The van der Waals surface area contributed by atoms with E-state index in [4.69, 9.17) is 5.73 Å². The molecule has 2 heterocycles. The standard InChI is InChI=1S/C10H10N4/c11-7-1-2-10-9(3-7)13-5-8-4-12-6-14(8)10/h1-4,6,13H,5,11H2/q+1. The van der Waals surface area contributed by atoms with Crippen LogP contribution in [0.25, 0.3) is 0 Å². The van der Waals surface area contributed by atoms with Crippen LogP contribution in [0.5, 0.6) is 0 Å². The molecule has 2 aliphatic rings. The van der Waals surface area contributed by atoms with Gasteiger partial charge in [-0.25, -0.2) is 4.99 Å². The van der Waals surface area contributed by atoms with Crippen molar-refractivity contribution in [2.75, 3.05) is 17.6 Å². The number of nitrogens with zero attached hydrogens (tertiary/aromatic N) is 2. The molecule has 4 nitrogen and oxygen atoms in total. The molecule has 0 atom stereocenters. The molecule has 0 aliphatic carbocycles. The lowest BCUT2D eigenvalue weighted by molar-refractivity contribution is 0.865. The minimum absolute atomic E-state index is 0.778. The molecule has 2 aliphatic heterocycles. The molecule has 3 N–H and O–H groups in total. The van der Waals surface area contributed by atoms with Gasteiger partial charge in [0.2, 0.25) is 11.4 Å². The Labute approximate surface area is 81.7 Å². The van der Waals surface area contributed by atoms with E-state index in [1.807, 2.05) is 30.7 Å². The summed E-state index contributed by atoms with van der Waals surface area (Å²) in [5, 5.41) is 3.30. The zero-order chi connectivity index (χ0) is 9.54. The van der Waals surface area contributed by atoms with Crippen molar-refractivity contribution >= 4 is 23.4 Å². The van der Waals surface area contributed by atoms with Crippen LogP contribution >= 0.6 is 0 Å². The van der Waals surface area contributed by atoms with Gasteiger partial charge in [0, 0.05) is 11.8 Å². The highest BCUT2D eigenvalue weighted by Gasteiger charge is 2.33. The average molecular weight is 186 g/mol. The van der Waals surface area contributed by atoms with Gasteiger partial charge < -0.3 is 11.1 Å². The largest absolute Gasteiger partial charge is 0.399 e. The fourth-order valence-corrected chi connectivity index (χ4v) is 1.76. The Bertz CT molecular complexity index is 447. The molecule has 14 heavy (non-hydrogen) atoms. The van der Waals surface area contributed by atoms with Crippen LogP contribution < -0.4 is 16.0 Å². The molecule has 1 aromatic rings. The highest BCUT2D eigenvalue weighted by molar-refractivity contribution is 5.85. The molecule has 0 spiro atoms. The predicted molar refractivity (Wildman–Crippen MR) is 57.7 cm³/mol. The number of anilines is 3. The Hall–Kier alpha value is -1.81. The second-order valence-electron chi connectivity index (χ2n) is 3.39. The summed E-state index contributed by atoms with van der Waals surface area (Å²) in [6.45, 7) is 0.802. The predicted octanol–water partition coefficient (Wildman–Crippen LogP) is 1.35. The number of fused-ring (bicyclic) bond motifs is 3. The van der Waals surface area contributed by atoms with Crippen LogP contribution in [-0.2, 0) is 0 Å². The zero-order valence-corrected chi connectivity index (χ0v) is 7.57. The maximum Gasteiger partial charge on any atom is 0.250 e. The van der Waals surface area contributed by atoms with Gasteiger partial charge in [-0.05, 0) is 17.0 Å². The Morgan fingerprint density at radius 3 is 3.29 bits per heavy atom. The summed E-state index contributed by atoms with van der Waals surface area (Å²) in [4.78, 5) is 6.19. The number of hydrogen-bond acceptors (Lipinski definition) is 4. The van der Waals surface area contributed by atoms with E-state index in [0.29, 0.717) is 0 Å². The first kappa shape index (κ1) is 7.58. The van der Waals surface area contributed by atoms with E-state index >= 15 is 0 Å². The molecule has 0 saturated carbocycles. The van der Waals surface area contributed by atoms with Crippen LogP contribution in [0.2, 0.25) is 0 Å². The van der Waals surface area contributed by atoms with Crippen molar-refractivity contribution < 1.29 is 0 Å². The molecule has 69 valence electrons. The van der Waals surface area contributed by atoms with Gasteiger partial charge in [-0.1, -0.05) is 0 Å². The van der Waals surface area contributed by atoms with Gasteiger partial charge in [-0.2, -0.15) is 0 Å². The lowest BCUT2D eigenvalue weighted by atomic mass is 10.1. The molecule has 3 rings (SSSR count). The van der Waals surface area contributed by atoms with Gasteiger partial charge >= 0.3 is 0 Å². The third-order valence-electron chi connectivity index (χ3n) is 2.46. The van der Waals surface area contributed by atoms with Crippen molar-refractivity contribution in [3.05, 3.63) is 30.1 Å². The van der Waals surface area contributed by atoms with Crippen LogP contribution in [0.3, 0.4) is 0 Å². The first-order valence-corrected chi connectivity index (χ1v) is 4.49. The first-order valence-electron chi connectivity index (χ1n) is 4.49. The quantitative estimate of drug-likeness (QED) is 0.474. The van der Waals surface area contributed by atoms with Crippen molar-refractivity contribution in [3.63, 3.8) is 0 Å². The maximum absolute atomic E-state index is 5.71. The van der Waals surface area contributed by atoms with Gasteiger partial charge in [-0.3, -0.25) is 0 Å². The summed E-state index contributed by atoms with van der Waals surface area (Å²) in [5.41, 5.74) is 9.83. The molecule has 0 amide bonds. The van der Waals surface area contributed by atoms with E-state index in [2.05, 4.69) is 15.2 Å². The van der Waals surface area contributed by atoms with Gasteiger partial charge in [0.15, 0.2) is 0 Å². The topological polar surface area (TPSA) is 56.3 Å². The van der Waals surface area contributed by atoms with Gasteiger partial charge in [0.1, 0.15) is 5.69 Å². The molecule has 0 unspecified atom stereocenters. The molecule has 4 heteroatoms. The van der Waals surface area contributed by atoms with Crippen LogP contribution in [0, 0.1) is 0 Å². The van der Waals surface area contributed by atoms with Crippen molar-refractivity contribution in [1.82, 2.24) is 4.90 Å². The van der Waals surface area contributed by atoms with Gasteiger partial charge in [0.25, 0.3) is 6.34 Å². The normalized spacial score (nSPS) is 18.4. The lowest BCUT2D eigenvalue weighted by Crippen LogP contribution is -2.29. The molecule has 1 aromatic carbocycles. The van der Waals surface area contributed by atoms with Gasteiger partial charge in [-0.15, -0.1) is 0 Å². The summed E-state index contributed by atoms with van der Waals surface area (Å²) >= 11 is 0. The molecule has 0 fully saturated rings. The number of rotatable bonds is 0. The number of nitrogen functional groups attached to an aromatic ring is 1. The van der Waals surface area contributed by atoms with E-state index in [-0.39, 0.29) is 0 Å². The average Bonchev–Trinajstić information content (AvgIpc) is 2.65. The minimum atomic E-state index is 0.778. The highest BCUT2D eigenvalue weighted by atomic mass is 15.2. The number of benzene rings is 1. The SMILES string of the molecule is Nc1ccc2c(c1)NCC1=CN=C[N+]12. The van der Waals surface area contributed by atoms with Gasteiger partial charge in [0.05, 0.1) is 12.7 Å². The van der Waals surface area contributed by atoms with Crippen molar-refractivity contribution in [2.45, 2.75) is 0 Å². The summed E-state index contributed by atoms with van der Waals surface area (Å²) in [7, 11) is 0. The highest BCUT2D eigenvalue weighted by Crippen LogP contribution is 2.34. The number of nitrogens with one attached hydrogen (secondary N) is 1. The Kier molecular flexibility index (Phi) is 1.40. The smallest absolute Gasteiger partial charge is 0.250 e. The monoisotopic (exact) mass is 186 g/mol. The van der Waals surface area contributed by atoms with Crippen molar-refractivity contribution in [3.8, 4) is 0 Å². The Morgan fingerprint density at radius 2 is 2.36 bits per heavy atom. The van der Waals surface area contributed by atoms with E-state index in [0.717, 1.165) is 23.6 Å². The summed E-state index contributed by atoms with van der Waals surface area (Å²) in [6, 6.07) is 5.84. The number of nitrogens with two attached hydrogens (primary N) is 1. The van der Waals surface area contributed by atoms with E-state index in [1.54, 1.807) is 0 Å². The molecule has 0 saturated heterocycles. The van der Waals surface area contributed by atoms with Crippen LogP contribution in [0.1, 0.15) is 0 Å². The second kappa shape index (κ2) is 2.59. The van der Waals surface area contributed by atoms with E-state index in [9.17, 15) is 0 Å². The Balaban J connectivity index is 2.15. The summed E-state index contributed by atoms with van der Waals surface area (Å²) < 4.78 is 0. The summed E-state index contributed by atoms with van der Waals surface area (Å²) in [5.74, 6) is 0. The molecular weight excluding hydrogens is 176 g/mol.